The third-order valence-electron chi connectivity index (χ3n) is 3.66. The normalized spacial score (nSPS) is 11.8. The monoisotopic (exact) mass is 273 g/mol. The topological polar surface area (TPSA) is 62.1 Å². The van der Waals surface area contributed by atoms with Gasteiger partial charge in [0.2, 0.25) is 5.91 Å². The van der Waals surface area contributed by atoms with Crippen molar-refractivity contribution >= 4 is 16.8 Å². The molecule has 0 bridgehead atoms. The number of hydrogen-bond donors (Lipinski definition) is 2. The molecule has 0 atom stereocenters. The third kappa shape index (κ3) is 3.20. The number of nitrogens with one attached hydrogen (secondary N) is 1. The second-order valence-electron chi connectivity index (χ2n) is 6.15. The van der Waals surface area contributed by atoms with Crippen molar-refractivity contribution in [1.82, 2.24) is 9.88 Å². The van der Waals surface area contributed by atoms with Crippen LogP contribution in [0, 0.1) is 5.41 Å². The first-order chi connectivity index (χ1) is 9.43. The molecule has 0 radical (unpaired) electrons. The average Bonchev–Trinajstić information content (AvgIpc) is 2.82. The number of likely N-dealkylation sites (N-methyl/N-ethyl adjacent to an activating group) is 1. The molecule has 0 aliphatic carbocycles. The van der Waals surface area contributed by atoms with Crippen molar-refractivity contribution in [2.75, 3.05) is 20.1 Å². The molecule has 0 aliphatic rings. The van der Waals surface area contributed by atoms with Crippen LogP contribution in [0.5, 0.6) is 0 Å². The summed E-state index contributed by atoms with van der Waals surface area (Å²) in [6.07, 6.45) is 2.34. The predicted molar refractivity (Wildman–Crippen MR) is 82.5 cm³/mol. The summed E-state index contributed by atoms with van der Waals surface area (Å²) in [5.41, 5.74) is 7.79. The van der Waals surface area contributed by atoms with Crippen LogP contribution in [0.4, 0.5) is 0 Å². The smallest absolute Gasteiger partial charge is 0.226 e. The van der Waals surface area contributed by atoms with Gasteiger partial charge in [0.15, 0.2) is 0 Å². The number of amides is 1. The van der Waals surface area contributed by atoms with Gasteiger partial charge in [-0.3, -0.25) is 4.79 Å². The van der Waals surface area contributed by atoms with Gasteiger partial charge < -0.3 is 15.6 Å². The Bertz CT molecular complexity index is 601. The van der Waals surface area contributed by atoms with E-state index in [2.05, 4.69) is 18.8 Å². The van der Waals surface area contributed by atoms with Gasteiger partial charge in [0, 0.05) is 30.7 Å². The molecule has 0 fully saturated rings. The molecule has 1 aromatic carbocycles. The molecule has 20 heavy (non-hydrogen) atoms. The number of benzene rings is 1. The highest BCUT2D eigenvalue weighted by Crippen LogP contribution is 2.19. The number of nitrogens with two attached hydrogens (primary N) is 1. The Morgan fingerprint density at radius 1 is 1.35 bits per heavy atom. The fourth-order valence-electron chi connectivity index (χ4n) is 2.37. The fraction of sp³-hybridized carbons (Fsp3) is 0.438. The van der Waals surface area contributed by atoms with Crippen molar-refractivity contribution in [3.63, 3.8) is 0 Å². The minimum absolute atomic E-state index is 0.0510. The van der Waals surface area contributed by atoms with Crippen LogP contribution in [0.25, 0.3) is 10.9 Å². The van der Waals surface area contributed by atoms with E-state index in [1.54, 1.807) is 4.90 Å². The molecule has 2 aromatic rings. The highest BCUT2D eigenvalue weighted by Gasteiger charge is 2.21. The van der Waals surface area contributed by atoms with Crippen molar-refractivity contribution in [1.29, 1.82) is 0 Å². The zero-order valence-electron chi connectivity index (χ0n) is 12.4. The molecule has 1 heterocycles. The Labute approximate surface area is 120 Å². The van der Waals surface area contributed by atoms with Crippen molar-refractivity contribution in [2.45, 2.75) is 20.3 Å². The Hall–Kier alpha value is -1.81. The molecule has 4 nitrogen and oxygen atoms in total. The maximum absolute atomic E-state index is 12.3. The summed E-state index contributed by atoms with van der Waals surface area (Å²) in [7, 11) is 1.84. The summed E-state index contributed by atoms with van der Waals surface area (Å²) in [6.45, 7) is 5.38. The summed E-state index contributed by atoms with van der Waals surface area (Å²) < 4.78 is 0. The van der Waals surface area contributed by atoms with Crippen molar-refractivity contribution in [3.05, 3.63) is 36.0 Å². The summed E-state index contributed by atoms with van der Waals surface area (Å²) in [4.78, 5) is 17.3. The molecule has 2 rings (SSSR count). The standard InChI is InChI=1S/C16H23N3O/c1-16(2,10-17)11-19(3)15(20)8-12-9-18-14-7-5-4-6-13(12)14/h4-7,9,18H,8,10-11,17H2,1-3H3. The average molecular weight is 273 g/mol. The van der Waals surface area contributed by atoms with Gasteiger partial charge in [-0.15, -0.1) is 0 Å². The lowest BCUT2D eigenvalue weighted by atomic mass is 9.93. The SMILES string of the molecule is CN(CC(C)(C)CN)C(=O)Cc1c[nH]c2ccccc12. The van der Waals surface area contributed by atoms with E-state index in [4.69, 9.17) is 5.73 Å². The fourth-order valence-corrected chi connectivity index (χ4v) is 2.37. The number of carbonyl (C=O) groups is 1. The second kappa shape index (κ2) is 5.67. The number of rotatable bonds is 5. The van der Waals surface area contributed by atoms with Crippen LogP contribution in [0.3, 0.4) is 0 Å². The van der Waals surface area contributed by atoms with Crippen LogP contribution in [0.2, 0.25) is 0 Å². The minimum Gasteiger partial charge on any atom is -0.361 e. The summed E-state index contributed by atoms with van der Waals surface area (Å²) >= 11 is 0. The second-order valence-corrected chi connectivity index (χ2v) is 6.15. The van der Waals surface area contributed by atoms with Crippen molar-refractivity contribution in [3.8, 4) is 0 Å². The number of fused-ring (bicyclic) bond motifs is 1. The number of aromatic amines is 1. The van der Waals surface area contributed by atoms with Gasteiger partial charge in [0.05, 0.1) is 6.42 Å². The quantitative estimate of drug-likeness (QED) is 0.877. The molecule has 0 spiro atoms. The first-order valence-corrected chi connectivity index (χ1v) is 6.92. The number of hydrogen-bond acceptors (Lipinski definition) is 2. The number of aromatic nitrogens is 1. The van der Waals surface area contributed by atoms with E-state index < -0.39 is 0 Å². The molecule has 0 aliphatic heterocycles. The molecular weight excluding hydrogens is 250 g/mol. The third-order valence-corrected chi connectivity index (χ3v) is 3.66. The van der Waals surface area contributed by atoms with E-state index in [1.807, 2.05) is 37.5 Å². The van der Waals surface area contributed by atoms with Gasteiger partial charge in [0.25, 0.3) is 0 Å². The minimum atomic E-state index is -0.0510. The van der Waals surface area contributed by atoms with Crippen molar-refractivity contribution < 1.29 is 4.79 Å². The van der Waals surface area contributed by atoms with E-state index in [1.165, 1.54) is 0 Å². The van der Waals surface area contributed by atoms with E-state index in [-0.39, 0.29) is 11.3 Å². The van der Waals surface area contributed by atoms with Crippen LogP contribution < -0.4 is 5.73 Å². The molecule has 4 heteroatoms. The van der Waals surface area contributed by atoms with Crippen LogP contribution in [-0.4, -0.2) is 35.9 Å². The van der Waals surface area contributed by atoms with Crippen LogP contribution >= 0.6 is 0 Å². The number of para-hydroxylation sites is 1. The maximum atomic E-state index is 12.3. The number of nitrogens with zero attached hydrogens (tertiary/aromatic N) is 1. The Balaban J connectivity index is 2.08. The lowest BCUT2D eigenvalue weighted by Gasteiger charge is -2.29. The Kier molecular flexibility index (Phi) is 4.14. The molecule has 0 saturated heterocycles. The summed E-state index contributed by atoms with van der Waals surface area (Å²) in [5.74, 6) is 0.122. The first-order valence-electron chi connectivity index (χ1n) is 6.92. The van der Waals surface area contributed by atoms with Gasteiger partial charge in [-0.25, -0.2) is 0 Å². The molecule has 1 aromatic heterocycles. The van der Waals surface area contributed by atoms with Crippen molar-refractivity contribution in [2.24, 2.45) is 11.1 Å². The van der Waals surface area contributed by atoms with E-state index in [9.17, 15) is 4.79 Å². The first kappa shape index (κ1) is 14.6. The van der Waals surface area contributed by atoms with Crippen LogP contribution in [-0.2, 0) is 11.2 Å². The van der Waals surface area contributed by atoms with Gasteiger partial charge in [-0.1, -0.05) is 32.0 Å². The Morgan fingerprint density at radius 2 is 2.05 bits per heavy atom. The van der Waals surface area contributed by atoms with E-state index >= 15 is 0 Å². The maximum Gasteiger partial charge on any atom is 0.226 e. The molecular formula is C16H23N3O. The van der Waals surface area contributed by atoms with Crippen LogP contribution in [0.1, 0.15) is 19.4 Å². The zero-order chi connectivity index (χ0) is 14.8. The van der Waals surface area contributed by atoms with Gasteiger partial charge in [0.1, 0.15) is 0 Å². The number of carbonyl (C=O) groups excluding carboxylic acids is 1. The lowest BCUT2D eigenvalue weighted by molar-refractivity contribution is -0.130. The molecule has 108 valence electrons. The van der Waals surface area contributed by atoms with E-state index in [0.29, 0.717) is 19.5 Å². The van der Waals surface area contributed by atoms with E-state index in [0.717, 1.165) is 16.5 Å². The highest BCUT2D eigenvalue weighted by atomic mass is 16.2. The molecule has 0 unspecified atom stereocenters. The zero-order valence-corrected chi connectivity index (χ0v) is 12.4. The highest BCUT2D eigenvalue weighted by molar-refractivity contribution is 5.88. The largest absolute Gasteiger partial charge is 0.361 e. The van der Waals surface area contributed by atoms with Gasteiger partial charge in [-0.2, -0.15) is 0 Å². The molecule has 1 amide bonds. The number of H-pyrrole nitrogens is 1. The lowest BCUT2D eigenvalue weighted by Crippen LogP contribution is -2.40. The van der Waals surface area contributed by atoms with Crippen LogP contribution in [0.15, 0.2) is 30.5 Å². The molecule has 0 saturated carbocycles. The summed E-state index contributed by atoms with van der Waals surface area (Å²) in [5, 5.41) is 1.12. The van der Waals surface area contributed by atoms with Gasteiger partial charge >= 0.3 is 0 Å². The predicted octanol–water partition coefficient (Wildman–Crippen LogP) is 2.15. The molecule has 3 N–H and O–H groups in total. The van der Waals surface area contributed by atoms with Gasteiger partial charge in [-0.05, 0) is 23.6 Å². The Morgan fingerprint density at radius 3 is 2.75 bits per heavy atom. The summed E-state index contributed by atoms with van der Waals surface area (Å²) in [6, 6.07) is 8.04.